The van der Waals surface area contributed by atoms with Crippen LogP contribution in [0.4, 0.5) is 0 Å². The van der Waals surface area contributed by atoms with Crippen LogP contribution < -0.4 is 5.32 Å². The van der Waals surface area contributed by atoms with Crippen molar-refractivity contribution < 1.29 is 5.11 Å². The number of aliphatic hydroxyl groups excluding tert-OH is 1. The van der Waals surface area contributed by atoms with Gasteiger partial charge in [0.2, 0.25) is 0 Å². The molecule has 116 valence electrons. The lowest BCUT2D eigenvalue weighted by molar-refractivity contribution is 0.124. The maximum absolute atomic E-state index is 9.99. The lowest BCUT2D eigenvalue weighted by Crippen LogP contribution is -2.28. The molecule has 1 aliphatic carbocycles. The molecular weight excluding hydrogens is 284 g/mol. The highest BCUT2D eigenvalue weighted by Crippen LogP contribution is 2.38. The van der Waals surface area contributed by atoms with Crippen LogP contribution in [0.3, 0.4) is 0 Å². The zero-order valence-corrected chi connectivity index (χ0v) is 13.4. The molecule has 2 N–H and O–H groups in total. The molecule has 0 aromatic heterocycles. The van der Waals surface area contributed by atoms with Crippen molar-refractivity contribution in [2.75, 3.05) is 26.7 Å². The number of likely N-dealkylation sites (tertiary alicyclic amines) is 1. The molecule has 1 aliphatic heterocycles. The van der Waals surface area contributed by atoms with Crippen LogP contribution >= 0.6 is 11.6 Å². The normalized spacial score (nSPS) is 30.5. The first-order valence-electron chi connectivity index (χ1n) is 8.00. The van der Waals surface area contributed by atoms with E-state index < -0.39 is 0 Å². The summed E-state index contributed by atoms with van der Waals surface area (Å²) in [5.41, 5.74) is 1.29. The van der Waals surface area contributed by atoms with Gasteiger partial charge < -0.3 is 15.3 Å². The van der Waals surface area contributed by atoms with Gasteiger partial charge in [-0.3, -0.25) is 0 Å². The van der Waals surface area contributed by atoms with Gasteiger partial charge in [-0.1, -0.05) is 23.7 Å². The fraction of sp³-hybridized carbons (Fsp3) is 0.647. The Morgan fingerprint density at radius 2 is 2.05 bits per heavy atom. The van der Waals surface area contributed by atoms with Crippen LogP contribution in [0.1, 0.15) is 30.9 Å². The third-order valence-electron chi connectivity index (χ3n) is 5.25. The number of nitrogens with one attached hydrogen (secondary N) is 1. The van der Waals surface area contributed by atoms with Crippen LogP contribution in [0, 0.1) is 11.8 Å². The van der Waals surface area contributed by atoms with Crippen molar-refractivity contribution in [1.29, 1.82) is 0 Å². The van der Waals surface area contributed by atoms with Gasteiger partial charge in [0.1, 0.15) is 0 Å². The molecule has 4 unspecified atom stereocenters. The van der Waals surface area contributed by atoms with Crippen molar-refractivity contribution in [2.45, 2.75) is 31.4 Å². The minimum absolute atomic E-state index is 0.0589. The number of benzene rings is 1. The number of halogens is 1. The fourth-order valence-electron chi connectivity index (χ4n) is 4.00. The molecule has 1 aromatic carbocycles. The highest BCUT2D eigenvalue weighted by Gasteiger charge is 2.41. The van der Waals surface area contributed by atoms with E-state index >= 15 is 0 Å². The summed E-state index contributed by atoms with van der Waals surface area (Å²) >= 11 is 5.96. The smallest absolute Gasteiger partial charge is 0.0583 e. The average molecular weight is 309 g/mol. The molecule has 3 nitrogen and oxygen atoms in total. The molecule has 0 bridgehead atoms. The summed E-state index contributed by atoms with van der Waals surface area (Å²) in [5, 5.41) is 14.2. The second kappa shape index (κ2) is 6.66. The predicted octanol–water partition coefficient (Wildman–Crippen LogP) is 2.69. The number of hydrogen-bond acceptors (Lipinski definition) is 3. The molecule has 21 heavy (non-hydrogen) atoms. The Balaban J connectivity index is 1.53. The number of nitrogens with zero attached hydrogens (tertiary/aromatic N) is 1. The third kappa shape index (κ3) is 3.42. The molecule has 0 amide bonds. The number of hydrogen-bond donors (Lipinski definition) is 2. The van der Waals surface area contributed by atoms with Crippen molar-refractivity contribution in [3.05, 3.63) is 34.9 Å². The average Bonchev–Trinajstić information content (AvgIpc) is 3.04. The summed E-state index contributed by atoms with van der Waals surface area (Å²) < 4.78 is 0. The fourth-order valence-corrected chi connectivity index (χ4v) is 4.12. The quantitative estimate of drug-likeness (QED) is 0.878. The molecular formula is C17H25ClN2O. The Hall–Kier alpha value is -0.610. The summed E-state index contributed by atoms with van der Waals surface area (Å²) in [4.78, 5) is 2.53. The molecule has 0 spiro atoms. The van der Waals surface area contributed by atoms with Crippen molar-refractivity contribution >= 4 is 11.6 Å². The number of rotatable bonds is 5. The van der Waals surface area contributed by atoms with Gasteiger partial charge in [-0.05, 0) is 56.5 Å². The van der Waals surface area contributed by atoms with Gasteiger partial charge in [0, 0.05) is 30.1 Å². The first kappa shape index (κ1) is 15.3. The molecule has 3 rings (SSSR count). The number of fused-ring (bicyclic) bond motifs is 1. The first-order valence-corrected chi connectivity index (χ1v) is 8.38. The Labute approximate surface area is 132 Å². The lowest BCUT2D eigenvalue weighted by Gasteiger charge is -2.22. The molecule has 2 fully saturated rings. The third-order valence-corrected chi connectivity index (χ3v) is 5.50. The van der Waals surface area contributed by atoms with E-state index in [1.165, 1.54) is 18.5 Å². The summed E-state index contributed by atoms with van der Waals surface area (Å²) in [6, 6.07) is 8.49. The van der Waals surface area contributed by atoms with Gasteiger partial charge in [0.15, 0.2) is 0 Å². The van der Waals surface area contributed by atoms with Crippen molar-refractivity contribution in [3.8, 4) is 0 Å². The van der Waals surface area contributed by atoms with Gasteiger partial charge >= 0.3 is 0 Å². The molecule has 1 heterocycles. The van der Waals surface area contributed by atoms with Gasteiger partial charge in [-0.15, -0.1) is 0 Å². The van der Waals surface area contributed by atoms with Crippen LogP contribution in [0.2, 0.25) is 5.02 Å². The standard InChI is InChI=1S/C17H25ClN2O/c1-19-16(12-2-5-14(18)6-3-12)8-9-20-10-13-4-7-17(21)15(13)11-20/h2-3,5-6,13,15-17,19,21H,4,7-11H2,1H3. The second-order valence-corrected chi connectivity index (χ2v) is 6.95. The predicted molar refractivity (Wildman–Crippen MR) is 86.5 cm³/mol. The van der Waals surface area contributed by atoms with E-state index in [0.717, 1.165) is 36.9 Å². The van der Waals surface area contributed by atoms with E-state index in [-0.39, 0.29) is 6.10 Å². The number of aliphatic hydroxyl groups is 1. The highest BCUT2D eigenvalue weighted by molar-refractivity contribution is 6.30. The van der Waals surface area contributed by atoms with E-state index in [1.807, 2.05) is 19.2 Å². The van der Waals surface area contributed by atoms with E-state index in [2.05, 4.69) is 22.3 Å². The Kier molecular flexibility index (Phi) is 4.85. The summed E-state index contributed by atoms with van der Waals surface area (Å²) in [5.74, 6) is 1.25. The van der Waals surface area contributed by atoms with E-state index in [0.29, 0.717) is 12.0 Å². The zero-order chi connectivity index (χ0) is 14.8. The Morgan fingerprint density at radius 3 is 2.71 bits per heavy atom. The second-order valence-electron chi connectivity index (χ2n) is 6.51. The molecule has 1 saturated carbocycles. The maximum Gasteiger partial charge on any atom is 0.0583 e. The van der Waals surface area contributed by atoms with Crippen LogP contribution in [0.5, 0.6) is 0 Å². The molecule has 2 aliphatic rings. The summed E-state index contributed by atoms with van der Waals surface area (Å²) in [6.07, 6.45) is 3.24. The maximum atomic E-state index is 9.99. The van der Waals surface area contributed by atoms with E-state index in [4.69, 9.17) is 11.6 Å². The van der Waals surface area contributed by atoms with Crippen molar-refractivity contribution in [3.63, 3.8) is 0 Å². The molecule has 4 heteroatoms. The van der Waals surface area contributed by atoms with Crippen molar-refractivity contribution in [1.82, 2.24) is 10.2 Å². The zero-order valence-electron chi connectivity index (χ0n) is 12.6. The van der Waals surface area contributed by atoms with Crippen molar-refractivity contribution in [2.24, 2.45) is 11.8 Å². The summed E-state index contributed by atoms with van der Waals surface area (Å²) in [7, 11) is 2.02. The SMILES string of the molecule is CNC(CCN1CC2CCC(O)C2C1)c1ccc(Cl)cc1. The largest absolute Gasteiger partial charge is 0.393 e. The topological polar surface area (TPSA) is 35.5 Å². The Bertz CT molecular complexity index is 464. The van der Waals surface area contributed by atoms with Crippen LogP contribution in [-0.4, -0.2) is 42.8 Å². The first-order chi connectivity index (χ1) is 10.2. The van der Waals surface area contributed by atoms with Gasteiger partial charge in [0.25, 0.3) is 0 Å². The van der Waals surface area contributed by atoms with Gasteiger partial charge in [-0.2, -0.15) is 0 Å². The molecule has 4 atom stereocenters. The van der Waals surface area contributed by atoms with Crippen LogP contribution in [0.25, 0.3) is 0 Å². The molecule has 1 saturated heterocycles. The lowest BCUT2D eigenvalue weighted by atomic mass is 10.00. The van der Waals surface area contributed by atoms with Crippen LogP contribution in [0.15, 0.2) is 24.3 Å². The minimum atomic E-state index is -0.0589. The minimum Gasteiger partial charge on any atom is -0.393 e. The van der Waals surface area contributed by atoms with Crippen LogP contribution in [-0.2, 0) is 0 Å². The highest BCUT2D eigenvalue weighted by atomic mass is 35.5. The molecule has 0 radical (unpaired) electrons. The van der Waals surface area contributed by atoms with E-state index in [9.17, 15) is 5.11 Å². The Morgan fingerprint density at radius 1 is 1.29 bits per heavy atom. The van der Waals surface area contributed by atoms with E-state index in [1.54, 1.807) is 0 Å². The summed E-state index contributed by atoms with van der Waals surface area (Å²) in [6.45, 7) is 3.33. The van der Waals surface area contributed by atoms with Gasteiger partial charge in [-0.25, -0.2) is 0 Å². The monoisotopic (exact) mass is 308 g/mol. The molecule has 1 aromatic rings. The van der Waals surface area contributed by atoms with Gasteiger partial charge in [0.05, 0.1) is 6.10 Å².